The number of anilines is 1. The van der Waals surface area contributed by atoms with Crippen LogP contribution < -0.4 is 10.6 Å². The Kier molecular flexibility index (Phi) is 7.10. The van der Waals surface area contributed by atoms with E-state index >= 15 is 0 Å². The molecule has 3 rings (SSSR count). The molecule has 0 bridgehead atoms. The average Bonchev–Trinajstić information content (AvgIpc) is 2.75. The smallest absolute Gasteiger partial charge is 0.311 e. The Morgan fingerprint density at radius 1 is 0.931 bits per heavy atom. The van der Waals surface area contributed by atoms with Gasteiger partial charge in [-0.1, -0.05) is 49.2 Å². The summed E-state index contributed by atoms with van der Waals surface area (Å²) in [6.45, 7) is 1.28. The van der Waals surface area contributed by atoms with E-state index in [1.165, 1.54) is 6.20 Å². The van der Waals surface area contributed by atoms with E-state index < -0.39 is 4.92 Å². The molecule has 0 saturated heterocycles. The summed E-state index contributed by atoms with van der Waals surface area (Å²) >= 11 is 0. The lowest BCUT2D eigenvalue weighted by molar-refractivity contribution is -0.384. The van der Waals surface area contributed by atoms with Gasteiger partial charge in [0.25, 0.3) is 5.91 Å². The number of carbonyl (C=O) groups excluding carboxylic acids is 1. The third-order valence-electron chi connectivity index (χ3n) is 4.68. The number of para-hydroxylation sites is 1. The highest BCUT2D eigenvalue weighted by molar-refractivity contribution is 5.95. The van der Waals surface area contributed by atoms with E-state index in [1.807, 2.05) is 42.5 Å². The largest absolute Gasteiger partial charge is 0.379 e. The van der Waals surface area contributed by atoms with Gasteiger partial charge in [0.15, 0.2) is 0 Å². The van der Waals surface area contributed by atoms with Crippen molar-refractivity contribution in [3.63, 3.8) is 0 Å². The topological polar surface area (TPSA) is 97.2 Å². The van der Waals surface area contributed by atoms with Gasteiger partial charge < -0.3 is 10.6 Å². The molecular formula is C22H24N4O3. The Bertz CT molecular complexity index is 976. The van der Waals surface area contributed by atoms with Crippen LogP contribution in [0.25, 0.3) is 10.9 Å². The average molecular weight is 392 g/mol. The molecule has 29 heavy (non-hydrogen) atoms. The lowest BCUT2D eigenvalue weighted by atomic mass is 10.1. The number of carbonyl (C=O) groups is 1. The highest BCUT2D eigenvalue weighted by Gasteiger charge is 2.17. The lowest BCUT2D eigenvalue weighted by Crippen LogP contribution is -2.24. The van der Waals surface area contributed by atoms with Crippen LogP contribution in [-0.4, -0.2) is 28.9 Å². The maximum absolute atomic E-state index is 11.9. The number of unbranched alkanes of at least 4 members (excludes halogenated alkanes) is 3. The number of nitro groups is 1. The molecule has 0 spiro atoms. The Balaban J connectivity index is 1.40. The van der Waals surface area contributed by atoms with Crippen LogP contribution >= 0.6 is 0 Å². The molecule has 0 radical (unpaired) electrons. The van der Waals surface area contributed by atoms with E-state index in [4.69, 9.17) is 0 Å². The molecule has 3 aromatic rings. The maximum Gasteiger partial charge on any atom is 0.311 e. The third-order valence-corrected chi connectivity index (χ3v) is 4.68. The van der Waals surface area contributed by atoms with Gasteiger partial charge in [0, 0.05) is 24.0 Å². The van der Waals surface area contributed by atoms with E-state index in [0.717, 1.165) is 36.6 Å². The minimum atomic E-state index is -0.406. The summed E-state index contributed by atoms with van der Waals surface area (Å²) in [5.74, 6) is -0.0517. The number of rotatable bonds is 10. The van der Waals surface area contributed by atoms with Crippen LogP contribution in [0.1, 0.15) is 36.0 Å². The van der Waals surface area contributed by atoms with Crippen molar-refractivity contribution in [2.75, 3.05) is 18.4 Å². The van der Waals surface area contributed by atoms with Gasteiger partial charge in [-0.3, -0.25) is 14.9 Å². The molecule has 7 nitrogen and oxygen atoms in total. The second-order valence-corrected chi connectivity index (χ2v) is 6.76. The monoisotopic (exact) mass is 392 g/mol. The molecule has 0 saturated carbocycles. The molecule has 2 N–H and O–H groups in total. The van der Waals surface area contributed by atoms with Crippen molar-refractivity contribution in [2.24, 2.45) is 0 Å². The van der Waals surface area contributed by atoms with Crippen LogP contribution in [-0.2, 0) is 0 Å². The van der Waals surface area contributed by atoms with Crippen LogP contribution in [0.4, 0.5) is 11.4 Å². The molecular weight excluding hydrogens is 368 g/mol. The van der Waals surface area contributed by atoms with Crippen molar-refractivity contribution in [3.8, 4) is 0 Å². The summed E-state index contributed by atoms with van der Waals surface area (Å²) in [5.41, 5.74) is 1.92. The van der Waals surface area contributed by atoms with Gasteiger partial charge in [0.05, 0.1) is 10.4 Å². The predicted molar refractivity (Wildman–Crippen MR) is 114 cm³/mol. The number of amides is 1. The number of pyridine rings is 1. The highest BCUT2D eigenvalue weighted by atomic mass is 16.6. The predicted octanol–water partition coefficient (Wildman–Crippen LogP) is 4.55. The SMILES string of the molecule is O=C(NCCCCCCNc1c([N+](=O)[O-])cnc2ccccc12)c1ccccc1. The number of aromatic nitrogens is 1. The zero-order valence-corrected chi connectivity index (χ0v) is 16.1. The Labute approximate surface area is 169 Å². The first-order valence-electron chi connectivity index (χ1n) is 9.76. The minimum Gasteiger partial charge on any atom is -0.379 e. The summed E-state index contributed by atoms with van der Waals surface area (Å²) < 4.78 is 0. The Morgan fingerprint density at radius 2 is 1.62 bits per heavy atom. The number of nitrogens with zero attached hydrogens (tertiary/aromatic N) is 2. The Morgan fingerprint density at radius 3 is 2.38 bits per heavy atom. The molecule has 7 heteroatoms. The number of benzene rings is 2. The first kappa shape index (κ1) is 20.3. The number of hydrogen-bond acceptors (Lipinski definition) is 5. The highest BCUT2D eigenvalue weighted by Crippen LogP contribution is 2.31. The molecule has 0 unspecified atom stereocenters. The maximum atomic E-state index is 11.9. The van der Waals surface area contributed by atoms with E-state index in [0.29, 0.717) is 24.3 Å². The summed E-state index contributed by atoms with van der Waals surface area (Å²) in [7, 11) is 0. The molecule has 1 heterocycles. The van der Waals surface area contributed by atoms with E-state index in [2.05, 4.69) is 15.6 Å². The van der Waals surface area contributed by atoms with E-state index in [9.17, 15) is 14.9 Å². The van der Waals surface area contributed by atoms with Crippen LogP contribution in [0.3, 0.4) is 0 Å². The number of hydrogen-bond donors (Lipinski definition) is 2. The van der Waals surface area contributed by atoms with Crippen molar-refractivity contribution >= 4 is 28.2 Å². The van der Waals surface area contributed by atoms with Gasteiger partial charge in [-0.2, -0.15) is 0 Å². The first-order chi connectivity index (χ1) is 14.2. The van der Waals surface area contributed by atoms with Gasteiger partial charge in [-0.05, 0) is 31.0 Å². The van der Waals surface area contributed by atoms with Crippen LogP contribution in [0.5, 0.6) is 0 Å². The normalized spacial score (nSPS) is 10.6. The Hall–Kier alpha value is -3.48. The van der Waals surface area contributed by atoms with E-state index in [-0.39, 0.29) is 11.6 Å². The van der Waals surface area contributed by atoms with Gasteiger partial charge in [0.1, 0.15) is 11.9 Å². The summed E-state index contributed by atoms with van der Waals surface area (Å²) in [4.78, 5) is 27.0. The molecule has 0 aliphatic rings. The molecule has 0 fully saturated rings. The minimum absolute atomic E-state index is 0.00711. The fourth-order valence-electron chi connectivity index (χ4n) is 3.17. The second kappa shape index (κ2) is 10.2. The van der Waals surface area contributed by atoms with Crippen molar-refractivity contribution in [1.29, 1.82) is 0 Å². The van der Waals surface area contributed by atoms with Crippen molar-refractivity contribution in [1.82, 2.24) is 10.3 Å². The zero-order chi connectivity index (χ0) is 20.5. The molecule has 0 atom stereocenters. The number of nitrogens with one attached hydrogen (secondary N) is 2. The fourth-order valence-corrected chi connectivity index (χ4v) is 3.17. The second-order valence-electron chi connectivity index (χ2n) is 6.76. The lowest BCUT2D eigenvalue weighted by Gasteiger charge is -2.10. The molecule has 150 valence electrons. The zero-order valence-electron chi connectivity index (χ0n) is 16.1. The summed E-state index contributed by atoms with van der Waals surface area (Å²) in [5, 5.41) is 18.2. The quantitative estimate of drug-likeness (QED) is 0.300. The van der Waals surface area contributed by atoms with Gasteiger partial charge >= 0.3 is 5.69 Å². The first-order valence-corrected chi connectivity index (χ1v) is 9.76. The number of fused-ring (bicyclic) bond motifs is 1. The fraction of sp³-hybridized carbons (Fsp3) is 0.273. The molecule has 1 aromatic heterocycles. The van der Waals surface area contributed by atoms with Crippen LogP contribution in [0.15, 0.2) is 60.8 Å². The van der Waals surface area contributed by atoms with E-state index in [1.54, 1.807) is 12.1 Å². The summed E-state index contributed by atoms with van der Waals surface area (Å²) in [6, 6.07) is 16.6. The van der Waals surface area contributed by atoms with Crippen LogP contribution in [0, 0.1) is 10.1 Å². The van der Waals surface area contributed by atoms with Crippen molar-refractivity contribution in [3.05, 3.63) is 76.5 Å². The van der Waals surface area contributed by atoms with Gasteiger partial charge in [-0.15, -0.1) is 0 Å². The van der Waals surface area contributed by atoms with Gasteiger partial charge in [-0.25, -0.2) is 4.98 Å². The van der Waals surface area contributed by atoms with Crippen molar-refractivity contribution < 1.29 is 9.72 Å². The van der Waals surface area contributed by atoms with Gasteiger partial charge in [0.2, 0.25) is 0 Å². The third kappa shape index (κ3) is 5.51. The summed E-state index contributed by atoms with van der Waals surface area (Å²) in [6.07, 6.45) is 5.05. The molecule has 1 amide bonds. The molecule has 0 aliphatic heterocycles. The van der Waals surface area contributed by atoms with Crippen LogP contribution in [0.2, 0.25) is 0 Å². The molecule has 2 aromatic carbocycles. The molecule has 0 aliphatic carbocycles. The standard InChI is InChI=1S/C22H24N4O3/c27-22(17-10-4-3-5-11-17)24-15-9-2-1-8-14-23-21-18-12-6-7-13-19(18)25-16-20(21)26(28)29/h3-7,10-13,16H,1-2,8-9,14-15H2,(H,23,25)(H,24,27). The van der Waals surface area contributed by atoms with Crippen molar-refractivity contribution in [2.45, 2.75) is 25.7 Å².